The van der Waals surface area contributed by atoms with E-state index in [1.807, 2.05) is 22.9 Å². The summed E-state index contributed by atoms with van der Waals surface area (Å²) in [6.07, 6.45) is 6.11. The molecule has 1 aliphatic heterocycles. The Morgan fingerprint density at radius 2 is 1.80 bits per heavy atom. The monoisotopic (exact) mass is 473 g/mol. The average molecular weight is 475 g/mol. The van der Waals surface area contributed by atoms with E-state index in [-0.39, 0.29) is 24.8 Å². The van der Waals surface area contributed by atoms with Crippen LogP contribution in [-0.4, -0.2) is 48.2 Å². The number of hydrogen-bond donors (Lipinski definition) is 1. The highest BCUT2D eigenvalue weighted by atomic mass is 35.5. The number of nitrogens with two attached hydrogens (primary N) is 1. The molecule has 7 nitrogen and oxygen atoms in total. The predicted octanol–water partition coefficient (Wildman–Crippen LogP) is 4.09. The van der Waals surface area contributed by atoms with Crippen molar-refractivity contribution in [3.05, 3.63) is 35.6 Å². The third-order valence-electron chi connectivity index (χ3n) is 5.33. The van der Waals surface area contributed by atoms with Gasteiger partial charge in [-0.25, -0.2) is 4.98 Å². The van der Waals surface area contributed by atoms with Crippen LogP contribution in [0.3, 0.4) is 0 Å². The Labute approximate surface area is 193 Å². The van der Waals surface area contributed by atoms with Gasteiger partial charge in [-0.3, -0.25) is 4.40 Å². The van der Waals surface area contributed by atoms with E-state index < -0.39 is 0 Å². The van der Waals surface area contributed by atoms with Gasteiger partial charge in [0.1, 0.15) is 17.3 Å². The van der Waals surface area contributed by atoms with Gasteiger partial charge in [0.2, 0.25) is 5.78 Å². The van der Waals surface area contributed by atoms with Crippen LogP contribution in [0.1, 0.15) is 12.8 Å². The lowest BCUT2D eigenvalue weighted by Crippen LogP contribution is -2.36. The number of piperidine rings is 1. The number of methoxy groups -OCH3 is 2. The van der Waals surface area contributed by atoms with Crippen molar-refractivity contribution < 1.29 is 9.47 Å². The van der Waals surface area contributed by atoms with Crippen molar-refractivity contribution in [1.29, 1.82) is 0 Å². The molecule has 0 bridgehead atoms. The van der Waals surface area contributed by atoms with E-state index >= 15 is 0 Å². The Hall–Kier alpha value is -1.93. The smallest absolute Gasteiger partial charge is 0.236 e. The van der Waals surface area contributed by atoms with E-state index in [0.717, 1.165) is 49.6 Å². The molecule has 0 amide bonds. The number of halogens is 3. The number of hydrogen-bond acceptors (Lipinski definition) is 6. The molecule has 0 radical (unpaired) electrons. The van der Waals surface area contributed by atoms with E-state index in [4.69, 9.17) is 36.8 Å². The first-order valence-electron chi connectivity index (χ1n) is 9.35. The second-order valence-corrected chi connectivity index (χ2v) is 7.38. The van der Waals surface area contributed by atoms with Crippen molar-refractivity contribution >= 4 is 48.0 Å². The van der Waals surface area contributed by atoms with E-state index in [1.165, 1.54) is 0 Å². The van der Waals surface area contributed by atoms with Gasteiger partial charge in [0.15, 0.2) is 0 Å². The quantitative estimate of drug-likeness (QED) is 0.600. The standard InChI is InChI=1S/C20H24ClN5O2.2ClH/c1-27-17-10-18(28-2)15(21)9-14(17)16-12-26-8-5-19(24-20(26)23-16)25-6-3-13(11-22)4-7-25;;/h5,8-10,12-13H,3-4,6-7,11,22H2,1-2H3;2*1H. The van der Waals surface area contributed by atoms with Gasteiger partial charge in [0.25, 0.3) is 0 Å². The molecular formula is C20H26Cl3N5O2. The average Bonchev–Trinajstić information content (AvgIpc) is 3.16. The van der Waals surface area contributed by atoms with Gasteiger partial charge in [0.05, 0.1) is 24.9 Å². The number of rotatable bonds is 5. The Morgan fingerprint density at radius 3 is 2.43 bits per heavy atom. The molecular weight excluding hydrogens is 449 g/mol. The van der Waals surface area contributed by atoms with Crippen LogP contribution < -0.4 is 20.1 Å². The summed E-state index contributed by atoms with van der Waals surface area (Å²) in [6.45, 7) is 2.71. The zero-order valence-electron chi connectivity index (χ0n) is 16.9. The maximum Gasteiger partial charge on any atom is 0.236 e. The van der Waals surface area contributed by atoms with E-state index in [9.17, 15) is 0 Å². The topological polar surface area (TPSA) is 77.9 Å². The van der Waals surface area contributed by atoms with Crippen LogP contribution in [0.15, 0.2) is 30.6 Å². The molecule has 1 aliphatic rings. The molecule has 3 heterocycles. The molecule has 2 aromatic heterocycles. The van der Waals surface area contributed by atoms with Gasteiger partial charge < -0.3 is 20.1 Å². The number of imidazole rings is 1. The largest absolute Gasteiger partial charge is 0.496 e. The lowest BCUT2D eigenvalue weighted by atomic mass is 9.97. The Balaban J connectivity index is 0.00000160. The molecule has 4 rings (SSSR count). The van der Waals surface area contributed by atoms with Gasteiger partial charge in [-0.2, -0.15) is 4.98 Å². The highest BCUT2D eigenvalue weighted by Crippen LogP contribution is 2.38. The predicted molar refractivity (Wildman–Crippen MR) is 125 cm³/mol. The van der Waals surface area contributed by atoms with Crippen LogP contribution in [0.4, 0.5) is 5.82 Å². The van der Waals surface area contributed by atoms with E-state index in [1.54, 1.807) is 26.4 Å². The third kappa shape index (κ3) is 4.70. The normalized spacial score (nSPS) is 14.2. The first-order valence-corrected chi connectivity index (χ1v) is 9.73. The minimum atomic E-state index is 0. The lowest BCUT2D eigenvalue weighted by Gasteiger charge is -2.32. The summed E-state index contributed by atoms with van der Waals surface area (Å²) in [5, 5.41) is 0.506. The second kappa shape index (κ2) is 10.4. The maximum absolute atomic E-state index is 6.31. The first-order chi connectivity index (χ1) is 13.6. The van der Waals surface area contributed by atoms with Crippen LogP contribution in [0, 0.1) is 5.92 Å². The van der Waals surface area contributed by atoms with Crippen LogP contribution in [0.5, 0.6) is 11.5 Å². The van der Waals surface area contributed by atoms with Crippen LogP contribution in [0.2, 0.25) is 5.02 Å². The SMILES string of the molecule is COc1cc(OC)c(-c2cn3ccc(N4CCC(CN)CC4)nc3n2)cc1Cl.Cl.Cl. The first kappa shape index (κ1) is 24.3. The number of anilines is 1. The Bertz CT molecular complexity index is 990. The summed E-state index contributed by atoms with van der Waals surface area (Å²) in [4.78, 5) is 11.8. The fraction of sp³-hybridized carbons (Fsp3) is 0.400. The summed E-state index contributed by atoms with van der Waals surface area (Å²) >= 11 is 6.31. The highest BCUT2D eigenvalue weighted by Gasteiger charge is 2.20. The van der Waals surface area contributed by atoms with Crippen molar-refractivity contribution in [1.82, 2.24) is 14.4 Å². The molecule has 30 heavy (non-hydrogen) atoms. The Morgan fingerprint density at radius 1 is 1.10 bits per heavy atom. The summed E-state index contributed by atoms with van der Waals surface area (Å²) in [5.74, 6) is 3.41. The van der Waals surface area contributed by atoms with Crippen LogP contribution in [-0.2, 0) is 0 Å². The van der Waals surface area contributed by atoms with Crippen molar-refractivity contribution in [2.45, 2.75) is 12.8 Å². The maximum atomic E-state index is 6.31. The van der Waals surface area contributed by atoms with Gasteiger partial charge in [-0.1, -0.05) is 11.6 Å². The highest BCUT2D eigenvalue weighted by molar-refractivity contribution is 6.32. The third-order valence-corrected chi connectivity index (χ3v) is 5.63. The minimum Gasteiger partial charge on any atom is -0.496 e. The Kier molecular flexibility index (Phi) is 8.43. The molecule has 0 spiro atoms. The van der Waals surface area contributed by atoms with Gasteiger partial charge in [-0.15, -0.1) is 24.8 Å². The number of ether oxygens (including phenoxy) is 2. The van der Waals surface area contributed by atoms with Crippen LogP contribution >= 0.6 is 36.4 Å². The van der Waals surface area contributed by atoms with Gasteiger partial charge in [0, 0.05) is 37.1 Å². The zero-order valence-corrected chi connectivity index (χ0v) is 19.3. The zero-order chi connectivity index (χ0) is 19.7. The molecule has 0 aliphatic carbocycles. The van der Waals surface area contributed by atoms with E-state index in [0.29, 0.717) is 28.2 Å². The molecule has 1 aromatic carbocycles. The molecule has 0 saturated carbocycles. The van der Waals surface area contributed by atoms with Crippen molar-refractivity contribution in [2.24, 2.45) is 11.7 Å². The summed E-state index contributed by atoms with van der Waals surface area (Å²) in [6, 6.07) is 5.60. The number of nitrogens with zero attached hydrogens (tertiary/aromatic N) is 4. The number of aromatic nitrogens is 3. The van der Waals surface area contributed by atoms with Gasteiger partial charge >= 0.3 is 0 Å². The summed E-state index contributed by atoms with van der Waals surface area (Å²) in [7, 11) is 3.19. The molecule has 2 N–H and O–H groups in total. The summed E-state index contributed by atoms with van der Waals surface area (Å²) < 4.78 is 12.7. The molecule has 1 saturated heterocycles. The van der Waals surface area contributed by atoms with Gasteiger partial charge in [-0.05, 0) is 37.4 Å². The van der Waals surface area contributed by atoms with Crippen molar-refractivity contribution in [3.8, 4) is 22.8 Å². The van der Waals surface area contributed by atoms with E-state index in [2.05, 4.69) is 4.90 Å². The lowest BCUT2D eigenvalue weighted by molar-refractivity contribution is 0.395. The molecule has 164 valence electrons. The number of fused-ring (bicyclic) bond motifs is 1. The molecule has 0 atom stereocenters. The fourth-order valence-electron chi connectivity index (χ4n) is 3.63. The molecule has 0 unspecified atom stereocenters. The minimum absolute atomic E-state index is 0. The molecule has 1 fully saturated rings. The second-order valence-electron chi connectivity index (χ2n) is 6.97. The molecule has 10 heteroatoms. The fourth-order valence-corrected chi connectivity index (χ4v) is 3.87. The van der Waals surface area contributed by atoms with Crippen LogP contribution in [0.25, 0.3) is 17.0 Å². The molecule has 3 aromatic rings. The number of benzene rings is 1. The van der Waals surface area contributed by atoms with Crippen molar-refractivity contribution in [2.75, 3.05) is 38.8 Å². The summed E-state index contributed by atoms with van der Waals surface area (Å²) in [5.41, 5.74) is 7.34. The van der Waals surface area contributed by atoms with Crippen molar-refractivity contribution in [3.63, 3.8) is 0 Å².